The van der Waals surface area contributed by atoms with Gasteiger partial charge in [-0.1, -0.05) is 11.6 Å². The molecule has 1 unspecified atom stereocenters. The highest BCUT2D eigenvalue weighted by atomic mass is 35.5. The number of carboxylic acid groups (broad SMARTS) is 1. The van der Waals surface area contributed by atoms with E-state index in [1.807, 2.05) is 0 Å². The largest absolute Gasteiger partial charge is 0.478 e. The van der Waals surface area contributed by atoms with Gasteiger partial charge in [-0.2, -0.15) is 0 Å². The van der Waals surface area contributed by atoms with Gasteiger partial charge >= 0.3 is 5.97 Å². The summed E-state index contributed by atoms with van der Waals surface area (Å²) in [6.45, 7) is 0.317. The molecule has 0 fully saturated rings. The van der Waals surface area contributed by atoms with Crippen LogP contribution in [0.3, 0.4) is 0 Å². The first kappa shape index (κ1) is 12.8. The van der Waals surface area contributed by atoms with Crippen molar-refractivity contribution in [3.63, 3.8) is 0 Å². The molecule has 0 aromatic heterocycles. The van der Waals surface area contributed by atoms with E-state index < -0.39 is 12.1 Å². The third-order valence-corrected chi connectivity index (χ3v) is 2.15. The lowest BCUT2D eigenvalue weighted by Gasteiger charge is -2.18. The van der Waals surface area contributed by atoms with Crippen LogP contribution in [0.5, 0.6) is 5.75 Å². The molecular weight excluding hydrogens is 230 g/mol. The number of halogens is 1. The molecular formula is C11H14ClNO3. The zero-order chi connectivity index (χ0) is 12.1. The van der Waals surface area contributed by atoms with Crippen LogP contribution in [0.4, 0.5) is 0 Å². The first-order valence-corrected chi connectivity index (χ1v) is 5.16. The molecule has 1 aromatic carbocycles. The van der Waals surface area contributed by atoms with Crippen molar-refractivity contribution in [2.75, 3.05) is 20.6 Å². The Labute approximate surface area is 99.4 Å². The average molecular weight is 244 g/mol. The molecule has 0 aliphatic rings. The summed E-state index contributed by atoms with van der Waals surface area (Å²) in [4.78, 5) is 12.7. The van der Waals surface area contributed by atoms with Gasteiger partial charge in [0.1, 0.15) is 5.75 Å². The summed E-state index contributed by atoms with van der Waals surface area (Å²) < 4.78 is 5.34. The van der Waals surface area contributed by atoms with Crippen LogP contribution in [0.25, 0.3) is 0 Å². The summed E-state index contributed by atoms with van der Waals surface area (Å²) in [5.74, 6) is -0.484. The van der Waals surface area contributed by atoms with Crippen molar-refractivity contribution in [3.05, 3.63) is 29.3 Å². The molecule has 0 spiro atoms. The van der Waals surface area contributed by atoms with Crippen LogP contribution >= 0.6 is 11.6 Å². The standard InChI is InChI=1S/C11H14ClNO3/c1-13(2)7-10(11(14)15)16-9-5-3-8(12)4-6-9/h3-6,10H,7H2,1-2H3,(H,14,15). The first-order valence-electron chi connectivity index (χ1n) is 4.79. The highest BCUT2D eigenvalue weighted by Crippen LogP contribution is 2.17. The monoisotopic (exact) mass is 243 g/mol. The van der Waals surface area contributed by atoms with E-state index in [0.717, 1.165) is 0 Å². The van der Waals surface area contributed by atoms with Gasteiger partial charge in [-0.05, 0) is 38.4 Å². The molecule has 1 rings (SSSR count). The number of aliphatic carboxylic acids is 1. The second kappa shape index (κ2) is 5.72. The van der Waals surface area contributed by atoms with Gasteiger partial charge in [-0.25, -0.2) is 4.79 Å². The summed E-state index contributed by atoms with van der Waals surface area (Å²) in [6, 6.07) is 6.61. The number of hydrogen-bond donors (Lipinski definition) is 1. The molecule has 1 aromatic rings. The summed E-state index contributed by atoms with van der Waals surface area (Å²) in [6.07, 6.45) is -0.879. The van der Waals surface area contributed by atoms with Crippen molar-refractivity contribution in [1.82, 2.24) is 4.90 Å². The van der Waals surface area contributed by atoms with E-state index in [0.29, 0.717) is 17.3 Å². The van der Waals surface area contributed by atoms with Crippen LogP contribution in [0, 0.1) is 0 Å². The Kier molecular flexibility index (Phi) is 4.58. The quantitative estimate of drug-likeness (QED) is 0.856. The van der Waals surface area contributed by atoms with Crippen molar-refractivity contribution in [1.29, 1.82) is 0 Å². The van der Waals surface area contributed by atoms with Gasteiger partial charge in [0, 0.05) is 11.6 Å². The van der Waals surface area contributed by atoms with Crippen molar-refractivity contribution >= 4 is 17.6 Å². The van der Waals surface area contributed by atoms with E-state index >= 15 is 0 Å². The van der Waals surface area contributed by atoms with E-state index in [1.165, 1.54) is 0 Å². The van der Waals surface area contributed by atoms with Crippen molar-refractivity contribution in [2.24, 2.45) is 0 Å². The molecule has 4 nitrogen and oxygen atoms in total. The van der Waals surface area contributed by atoms with Gasteiger partial charge in [-0.15, -0.1) is 0 Å². The Bertz CT molecular complexity index is 351. The fraction of sp³-hybridized carbons (Fsp3) is 0.364. The zero-order valence-corrected chi connectivity index (χ0v) is 9.94. The second-order valence-corrected chi connectivity index (χ2v) is 4.10. The predicted molar refractivity (Wildman–Crippen MR) is 62.1 cm³/mol. The van der Waals surface area contributed by atoms with Crippen LogP contribution in [-0.4, -0.2) is 42.7 Å². The van der Waals surface area contributed by atoms with Crippen molar-refractivity contribution < 1.29 is 14.6 Å². The van der Waals surface area contributed by atoms with Gasteiger partial charge in [-0.3, -0.25) is 0 Å². The Morgan fingerprint density at radius 3 is 2.44 bits per heavy atom. The normalized spacial score (nSPS) is 12.5. The van der Waals surface area contributed by atoms with E-state index in [1.54, 1.807) is 43.3 Å². The maximum absolute atomic E-state index is 10.9. The predicted octanol–water partition coefficient (Wildman–Crippen LogP) is 1.73. The summed E-state index contributed by atoms with van der Waals surface area (Å²) >= 11 is 5.71. The lowest BCUT2D eigenvalue weighted by atomic mass is 10.3. The van der Waals surface area contributed by atoms with E-state index in [2.05, 4.69) is 0 Å². The smallest absolute Gasteiger partial charge is 0.346 e. The summed E-state index contributed by atoms with van der Waals surface area (Å²) in [7, 11) is 3.59. The maximum Gasteiger partial charge on any atom is 0.346 e. The van der Waals surface area contributed by atoms with Gasteiger partial charge < -0.3 is 14.7 Å². The average Bonchev–Trinajstić information content (AvgIpc) is 2.19. The molecule has 1 N–H and O–H groups in total. The maximum atomic E-state index is 10.9. The molecule has 16 heavy (non-hydrogen) atoms. The summed E-state index contributed by atoms with van der Waals surface area (Å²) in [5, 5.41) is 9.55. The minimum Gasteiger partial charge on any atom is -0.478 e. The molecule has 0 aliphatic heterocycles. The van der Waals surface area contributed by atoms with Crippen molar-refractivity contribution in [2.45, 2.75) is 6.10 Å². The Morgan fingerprint density at radius 2 is 2.00 bits per heavy atom. The Hall–Kier alpha value is -1.26. The number of likely N-dealkylation sites (N-methyl/N-ethyl adjacent to an activating group) is 1. The van der Waals surface area contributed by atoms with Crippen LogP contribution in [-0.2, 0) is 4.79 Å². The molecule has 0 heterocycles. The third-order valence-electron chi connectivity index (χ3n) is 1.90. The van der Waals surface area contributed by atoms with E-state index in [9.17, 15) is 4.79 Å². The topological polar surface area (TPSA) is 49.8 Å². The van der Waals surface area contributed by atoms with Gasteiger partial charge in [0.05, 0.1) is 0 Å². The van der Waals surface area contributed by atoms with Gasteiger partial charge in [0.25, 0.3) is 0 Å². The highest BCUT2D eigenvalue weighted by Gasteiger charge is 2.19. The third kappa shape index (κ3) is 4.08. The lowest BCUT2D eigenvalue weighted by molar-refractivity contribution is -0.145. The molecule has 88 valence electrons. The second-order valence-electron chi connectivity index (χ2n) is 3.66. The molecule has 0 saturated heterocycles. The molecule has 5 heteroatoms. The SMILES string of the molecule is CN(C)CC(Oc1ccc(Cl)cc1)C(=O)O. The Morgan fingerprint density at radius 1 is 1.44 bits per heavy atom. The molecule has 0 radical (unpaired) electrons. The minimum absolute atomic E-state index is 0.317. The van der Waals surface area contributed by atoms with Crippen LogP contribution < -0.4 is 4.74 Å². The van der Waals surface area contributed by atoms with Crippen molar-refractivity contribution in [3.8, 4) is 5.75 Å². The van der Waals surface area contributed by atoms with E-state index in [-0.39, 0.29) is 0 Å². The molecule has 0 aliphatic carbocycles. The van der Waals surface area contributed by atoms with Crippen LogP contribution in [0.1, 0.15) is 0 Å². The van der Waals surface area contributed by atoms with Crippen LogP contribution in [0.2, 0.25) is 5.02 Å². The molecule has 0 saturated carbocycles. The molecule has 0 bridgehead atoms. The molecule has 0 amide bonds. The van der Waals surface area contributed by atoms with Gasteiger partial charge in [0.15, 0.2) is 0 Å². The number of ether oxygens (including phenoxy) is 1. The number of rotatable bonds is 5. The number of benzene rings is 1. The lowest BCUT2D eigenvalue weighted by Crippen LogP contribution is -2.37. The molecule has 1 atom stereocenters. The highest BCUT2D eigenvalue weighted by molar-refractivity contribution is 6.30. The minimum atomic E-state index is -0.983. The number of hydrogen-bond acceptors (Lipinski definition) is 3. The fourth-order valence-corrected chi connectivity index (χ4v) is 1.30. The number of carboxylic acids is 1. The van der Waals surface area contributed by atoms with Crippen LogP contribution in [0.15, 0.2) is 24.3 Å². The number of carbonyl (C=O) groups is 1. The van der Waals surface area contributed by atoms with Gasteiger partial charge in [0.2, 0.25) is 6.10 Å². The number of nitrogens with zero attached hydrogens (tertiary/aromatic N) is 1. The first-order chi connectivity index (χ1) is 7.49. The van der Waals surface area contributed by atoms with E-state index in [4.69, 9.17) is 21.4 Å². The fourth-order valence-electron chi connectivity index (χ4n) is 1.17. The summed E-state index contributed by atoms with van der Waals surface area (Å²) in [5.41, 5.74) is 0. The Balaban J connectivity index is 2.68. The zero-order valence-electron chi connectivity index (χ0n) is 9.18.